The number of anilines is 1. The van der Waals surface area contributed by atoms with Crippen molar-refractivity contribution in [3.8, 4) is 17.6 Å². The lowest BCUT2D eigenvalue weighted by Gasteiger charge is -2.07. The minimum Gasteiger partial charge on any atom is -0.457 e. The molecule has 1 N–H and O–H groups in total. The molecule has 0 aliphatic heterocycles. The number of aromatic nitrogens is 1. The molecule has 0 saturated carbocycles. The maximum absolute atomic E-state index is 9.16. The molecule has 5 nitrogen and oxygen atoms in total. The zero-order valence-corrected chi connectivity index (χ0v) is 14.2. The molecule has 2 aromatic carbocycles. The molecule has 0 unspecified atom stereocenters. The fourth-order valence-corrected chi connectivity index (χ4v) is 2.26. The lowest BCUT2D eigenvalue weighted by atomic mass is 10.2. The van der Waals surface area contributed by atoms with E-state index in [1.807, 2.05) is 68.4 Å². The van der Waals surface area contributed by atoms with Crippen LogP contribution < -0.4 is 10.1 Å². The highest BCUT2D eigenvalue weighted by atomic mass is 16.5. The summed E-state index contributed by atoms with van der Waals surface area (Å²) in [4.78, 5) is 4.19. The molecule has 0 radical (unpaired) electrons. The molecule has 3 rings (SSSR count). The molecule has 25 heavy (non-hydrogen) atoms. The molecule has 0 aliphatic rings. The summed E-state index contributed by atoms with van der Waals surface area (Å²) in [5.41, 5.74) is 1.33. The SMILES string of the molecule is CC(C)c1nc(C#N)c(NCc2ccc(Oc3ccccc3)cc2)o1. The second kappa shape index (κ2) is 7.54. The molecule has 0 saturated heterocycles. The van der Waals surface area contributed by atoms with Crippen LogP contribution in [-0.4, -0.2) is 4.98 Å². The summed E-state index contributed by atoms with van der Waals surface area (Å²) in [5, 5.41) is 12.3. The summed E-state index contributed by atoms with van der Waals surface area (Å²) in [5.74, 6) is 2.68. The fourth-order valence-electron chi connectivity index (χ4n) is 2.26. The van der Waals surface area contributed by atoms with E-state index in [0.29, 0.717) is 18.3 Å². The Morgan fingerprint density at radius 3 is 2.40 bits per heavy atom. The lowest BCUT2D eigenvalue weighted by Crippen LogP contribution is -1.99. The maximum atomic E-state index is 9.16. The Morgan fingerprint density at radius 2 is 1.76 bits per heavy atom. The number of para-hydroxylation sites is 1. The molecule has 3 aromatic rings. The van der Waals surface area contributed by atoms with Crippen LogP contribution in [0, 0.1) is 11.3 Å². The number of hydrogen-bond acceptors (Lipinski definition) is 5. The molecule has 0 atom stereocenters. The van der Waals surface area contributed by atoms with Crippen LogP contribution >= 0.6 is 0 Å². The summed E-state index contributed by atoms with van der Waals surface area (Å²) < 4.78 is 11.4. The smallest absolute Gasteiger partial charge is 0.232 e. The van der Waals surface area contributed by atoms with Crippen molar-refractivity contribution >= 4 is 5.88 Å². The minimum absolute atomic E-state index is 0.136. The third-order valence-electron chi connectivity index (χ3n) is 3.60. The van der Waals surface area contributed by atoms with Crippen molar-refractivity contribution in [2.24, 2.45) is 0 Å². The van der Waals surface area contributed by atoms with E-state index < -0.39 is 0 Å². The van der Waals surface area contributed by atoms with Crippen LogP contribution in [-0.2, 0) is 6.54 Å². The van der Waals surface area contributed by atoms with Gasteiger partial charge >= 0.3 is 0 Å². The Balaban J connectivity index is 1.63. The van der Waals surface area contributed by atoms with E-state index in [1.54, 1.807) is 0 Å². The summed E-state index contributed by atoms with van der Waals surface area (Å²) in [6, 6.07) is 19.5. The summed E-state index contributed by atoms with van der Waals surface area (Å²) in [7, 11) is 0. The Hall–Kier alpha value is -3.26. The number of nitrogens with one attached hydrogen (secondary N) is 1. The fraction of sp³-hybridized carbons (Fsp3) is 0.200. The number of oxazole rings is 1. The van der Waals surface area contributed by atoms with Crippen molar-refractivity contribution in [2.75, 3.05) is 5.32 Å². The number of rotatable bonds is 6. The first-order valence-corrected chi connectivity index (χ1v) is 8.12. The number of nitriles is 1. The Bertz CT molecular complexity index is 862. The van der Waals surface area contributed by atoms with E-state index in [2.05, 4.69) is 16.4 Å². The zero-order valence-electron chi connectivity index (χ0n) is 14.2. The van der Waals surface area contributed by atoms with Crippen molar-refractivity contribution in [1.29, 1.82) is 5.26 Å². The zero-order chi connectivity index (χ0) is 17.6. The topological polar surface area (TPSA) is 71.1 Å². The average molecular weight is 333 g/mol. The number of hydrogen-bond donors (Lipinski definition) is 1. The third kappa shape index (κ3) is 4.18. The molecule has 1 heterocycles. The second-order valence-electron chi connectivity index (χ2n) is 5.91. The van der Waals surface area contributed by atoms with E-state index in [0.717, 1.165) is 17.1 Å². The lowest BCUT2D eigenvalue weighted by molar-refractivity contribution is 0.480. The summed E-state index contributed by atoms with van der Waals surface area (Å²) in [6.45, 7) is 4.48. The molecule has 5 heteroatoms. The number of ether oxygens (including phenoxy) is 1. The minimum atomic E-state index is 0.136. The van der Waals surface area contributed by atoms with E-state index in [9.17, 15) is 0 Å². The largest absolute Gasteiger partial charge is 0.457 e. The van der Waals surface area contributed by atoms with E-state index in [4.69, 9.17) is 14.4 Å². The molecule has 126 valence electrons. The molecule has 1 aromatic heterocycles. The van der Waals surface area contributed by atoms with Gasteiger partial charge in [-0.15, -0.1) is 0 Å². The van der Waals surface area contributed by atoms with Crippen molar-refractivity contribution in [2.45, 2.75) is 26.3 Å². The van der Waals surface area contributed by atoms with Crippen LogP contribution in [0.5, 0.6) is 11.5 Å². The van der Waals surface area contributed by atoms with E-state index in [1.165, 1.54) is 0 Å². The van der Waals surface area contributed by atoms with Gasteiger partial charge in [0.15, 0.2) is 0 Å². The first-order chi connectivity index (χ1) is 12.2. The standard InChI is InChI=1S/C20H19N3O2/c1-14(2)19-23-18(12-21)20(25-19)22-13-15-8-10-17(11-9-15)24-16-6-4-3-5-7-16/h3-11,14,22H,13H2,1-2H3. The van der Waals surface area contributed by atoms with Crippen molar-refractivity contribution in [3.63, 3.8) is 0 Å². The Labute approximate surface area is 146 Å². The van der Waals surface area contributed by atoms with Gasteiger partial charge in [0.2, 0.25) is 17.5 Å². The van der Waals surface area contributed by atoms with Crippen LogP contribution in [0.25, 0.3) is 0 Å². The van der Waals surface area contributed by atoms with Gasteiger partial charge in [-0.3, -0.25) is 0 Å². The van der Waals surface area contributed by atoms with Crippen molar-refractivity contribution < 1.29 is 9.15 Å². The van der Waals surface area contributed by atoms with Gasteiger partial charge in [-0.25, -0.2) is 4.98 Å². The van der Waals surface area contributed by atoms with Gasteiger partial charge in [0.25, 0.3) is 0 Å². The van der Waals surface area contributed by atoms with Gasteiger partial charge < -0.3 is 14.5 Å². The predicted molar refractivity (Wildman–Crippen MR) is 95.6 cm³/mol. The molecular weight excluding hydrogens is 314 g/mol. The van der Waals surface area contributed by atoms with Gasteiger partial charge in [-0.2, -0.15) is 5.26 Å². The highest BCUT2D eigenvalue weighted by molar-refractivity contribution is 5.46. The van der Waals surface area contributed by atoms with Crippen LogP contribution in [0.1, 0.15) is 36.9 Å². The first-order valence-electron chi connectivity index (χ1n) is 8.12. The highest BCUT2D eigenvalue weighted by Crippen LogP contribution is 2.24. The Kier molecular flexibility index (Phi) is 5.00. The quantitative estimate of drug-likeness (QED) is 0.681. The van der Waals surface area contributed by atoms with Crippen molar-refractivity contribution in [3.05, 3.63) is 71.7 Å². The second-order valence-corrected chi connectivity index (χ2v) is 5.91. The maximum Gasteiger partial charge on any atom is 0.232 e. The van der Waals surface area contributed by atoms with Gasteiger partial charge in [0.1, 0.15) is 17.6 Å². The number of nitrogens with zero attached hydrogens (tertiary/aromatic N) is 2. The molecular formula is C20H19N3O2. The van der Waals surface area contributed by atoms with Crippen LogP contribution in [0.2, 0.25) is 0 Å². The normalized spacial score (nSPS) is 10.5. The van der Waals surface area contributed by atoms with E-state index in [-0.39, 0.29) is 11.6 Å². The first kappa shape index (κ1) is 16.6. The molecule has 0 fully saturated rings. The van der Waals surface area contributed by atoms with Crippen LogP contribution in [0.3, 0.4) is 0 Å². The monoisotopic (exact) mass is 333 g/mol. The van der Waals surface area contributed by atoms with Gasteiger partial charge in [-0.05, 0) is 29.8 Å². The Morgan fingerprint density at radius 1 is 1.08 bits per heavy atom. The van der Waals surface area contributed by atoms with Gasteiger partial charge in [-0.1, -0.05) is 44.2 Å². The van der Waals surface area contributed by atoms with Crippen LogP contribution in [0.4, 0.5) is 5.88 Å². The van der Waals surface area contributed by atoms with Crippen molar-refractivity contribution in [1.82, 2.24) is 4.98 Å². The van der Waals surface area contributed by atoms with Crippen LogP contribution in [0.15, 0.2) is 59.0 Å². The van der Waals surface area contributed by atoms with Gasteiger partial charge in [0.05, 0.1) is 0 Å². The third-order valence-corrected chi connectivity index (χ3v) is 3.60. The highest BCUT2D eigenvalue weighted by Gasteiger charge is 2.14. The molecule has 0 bridgehead atoms. The predicted octanol–water partition coefficient (Wildman–Crippen LogP) is 5.07. The summed E-state index contributed by atoms with van der Waals surface area (Å²) >= 11 is 0. The molecule has 0 spiro atoms. The van der Waals surface area contributed by atoms with Gasteiger partial charge in [0, 0.05) is 12.5 Å². The average Bonchev–Trinajstić information content (AvgIpc) is 3.06. The molecule has 0 amide bonds. The molecule has 0 aliphatic carbocycles. The summed E-state index contributed by atoms with van der Waals surface area (Å²) in [6.07, 6.45) is 0. The van der Waals surface area contributed by atoms with E-state index >= 15 is 0 Å². The number of benzene rings is 2.